The predicted molar refractivity (Wildman–Crippen MR) is 74.0 cm³/mol. The van der Waals surface area contributed by atoms with Crippen molar-refractivity contribution in [2.24, 2.45) is 4.99 Å². The zero-order valence-corrected chi connectivity index (χ0v) is 10.9. The van der Waals surface area contributed by atoms with Crippen LogP contribution in [0.3, 0.4) is 0 Å². The monoisotopic (exact) mass is 247 g/mol. The lowest BCUT2D eigenvalue weighted by Crippen LogP contribution is -2.40. The van der Waals surface area contributed by atoms with E-state index in [1.807, 2.05) is 12.1 Å². The molecule has 0 saturated heterocycles. The van der Waals surface area contributed by atoms with E-state index in [4.69, 9.17) is 4.74 Å². The van der Waals surface area contributed by atoms with Crippen molar-refractivity contribution in [3.8, 4) is 5.75 Å². The van der Waals surface area contributed by atoms with Gasteiger partial charge in [-0.1, -0.05) is 19.1 Å². The summed E-state index contributed by atoms with van der Waals surface area (Å²) in [5, 5.41) is 6.55. The van der Waals surface area contributed by atoms with E-state index in [1.165, 1.54) is 5.56 Å². The van der Waals surface area contributed by atoms with E-state index in [0.717, 1.165) is 50.8 Å². The molecule has 0 fully saturated rings. The third-order valence-corrected chi connectivity index (χ3v) is 2.73. The number of nitrogens with one attached hydrogen (secondary N) is 2. The molecule has 1 aliphatic rings. The van der Waals surface area contributed by atoms with Gasteiger partial charge >= 0.3 is 0 Å². The molecule has 1 aromatic rings. The van der Waals surface area contributed by atoms with Gasteiger partial charge in [-0.25, -0.2) is 0 Å². The second-order valence-corrected chi connectivity index (χ2v) is 4.36. The summed E-state index contributed by atoms with van der Waals surface area (Å²) in [6.45, 7) is 5.57. The highest BCUT2D eigenvalue weighted by Crippen LogP contribution is 2.13. The SMILES string of the molecule is CCCOc1cccc(CNC2=NCCCN2)c1. The maximum Gasteiger partial charge on any atom is 0.191 e. The highest BCUT2D eigenvalue weighted by atomic mass is 16.5. The van der Waals surface area contributed by atoms with Gasteiger partial charge in [-0.05, 0) is 30.5 Å². The smallest absolute Gasteiger partial charge is 0.191 e. The van der Waals surface area contributed by atoms with E-state index in [2.05, 4.69) is 34.7 Å². The molecule has 4 heteroatoms. The Labute approximate surface area is 108 Å². The topological polar surface area (TPSA) is 45.6 Å². The van der Waals surface area contributed by atoms with E-state index in [0.29, 0.717) is 0 Å². The van der Waals surface area contributed by atoms with Crippen molar-refractivity contribution in [1.29, 1.82) is 0 Å². The summed E-state index contributed by atoms with van der Waals surface area (Å²) < 4.78 is 5.61. The molecule has 2 rings (SSSR count). The molecular formula is C14H21N3O. The quantitative estimate of drug-likeness (QED) is 0.835. The third-order valence-electron chi connectivity index (χ3n) is 2.73. The van der Waals surface area contributed by atoms with Crippen molar-refractivity contribution < 1.29 is 4.74 Å². The number of benzene rings is 1. The Hall–Kier alpha value is -1.71. The molecule has 0 radical (unpaired) electrons. The van der Waals surface area contributed by atoms with Crippen LogP contribution in [0.5, 0.6) is 5.75 Å². The molecule has 0 unspecified atom stereocenters. The third kappa shape index (κ3) is 3.95. The van der Waals surface area contributed by atoms with E-state index in [9.17, 15) is 0 Å². The number of guanidine groups is 1. The van der Waals surface area contributed by atoms with Crippen LogP contribution in [-0.4, -0.2) is 25.7 Å². The Morgan fingerprint density at radius 2 is 2.39 bits per heavy atom. The minimum Gasteiger partial charge on any atom is -0.494 e. The van der Waals surface area contributed by atoms with Gasteiger partial charge in [0.2, 0.25) is 0 Å². The predicted octanol–water partition coefficient (Wildman–Crippen LogP) is 1.91. The Morgan fingerprint density at radius 3 is 3.17 bits per heavy atom. The summed E-state index contributed by atoms with van der Waals surface area (Å²) in [6, 6.07) is 8.19. The summed E-state index contributed by atoms with van der Waals surface area (Å²) in [4.78, 5) is 4.38. The van der Waals surface area contributed by atoms with Crippen molar-refractivity contribution in [2.75, 3.05) is 19.7 Å². The molecule has 0 spiro atoms. The average Bonchev–Trinajstić information content (AvgIpc) is 2.44. The van der Waals surface area contributed by atoms with Crippen LogP contribution in [0.25, 0.3) is 0 Å². The zero-order chi connectivity index (χ0) is 12.6. The van der Waals surface area contributed by atoms with Crippen LogP contribution >= 0.6 is 0 Å². The molecule has 1 heterocycles. The maximum atomic E-state index is 5.61. The summed E-state index contributed by atoms with van der Waals surface area (Å²) in [5.74, 6) is 1.84. The largest absolute Gasteiger partial charge is 0.494 e. The van der Waals surface area contributed by atoms with Gasteiger partial charge in [0.05, 0.1) is 6.61 Å². The lowest BCUT2D eigenvalue weighted by Gasteiger charge is -2.16. The first-order valence-electron chi connectivity index (χ1n) is 6.62. The zero-order valence-electron chi connectivity index (χ0n) is 10.9. The molecule has 0 aliphatic carbocycles. The van der Waals surface area contributed by atoms with E-state index in [-0.39, 0.29) is 0 Å². The van der Waals surface area contributed by atoms with Gasteiger partial charge in [0.15, 0.2) is 5.96 Å². The van der Waals surface area contributed by atoms with Crippen LogP contribution in [0.4, 0.5) is 0 Å². The summed E-state index contributed by atoms with van der Waals surface area (Å²) in [7, 11) is 0. The highest BCUT2D eigenvalue weighted by Gasteiger charge is 2.03. The lowest BCUT2D eigenvalue weighted by atomic mass is 10.2. The minimum absolute atomic E-state index is 0.769. The van der Waals surface area contributed by atoms with Crippen LogP contribution in [0.15, 0.2) is 29.3 Å². The Morgan fingerprint density at radius 1 is 1.44 bits per heavy atom. The Kier molecular flexibility index (Phi) is 4.88. The number of hydrogen-bond donors (Lipinski definition) is 2. The van der Waals surface area contributed by atoms with Crippen molar-refractivity contribution in [2.45, 2.75) is 26.3 Å². The van der Waals surface area contributed by atoms with Gasteiger partial charge in [0.1, 0.15) is 5.75 Å². The fourth-order valence-electron chi connectivity index (χ4n) is 1.80. The normalized spacial score (nSPS) is 14.6. The first-order valence-corrected chi connectivity index (χ1v) is 6.62. The van der Waals surface area contributed by atoms with E-state index >= 15 is 0 Å². The summed E-state index contributed by atoms with van der Waals surface area (Å²) in [5.41, 5.74) is 1.21. The second kappa shape index (κ2) is 6.89. The number of rotatable bonds is 5. The average molecular weight is 247 g/mol. The van der Waals surface area contributed by atoms with Gasteiger partial charge in [-0.15, -0.1) is 0 Å². The van der Waals surface area contributed by atoms with Crippen LogP contribution in [-0.2, 0) is 6.54 Å². The molecule has 1 aliphatic heterocycles. The van der Waals surface area contributed by atoms with Crippen molar-refractivity contribution in [3.05, 3.63) is 29.8 Å². The van der Waals surface area contributed by atoms with Crippen LogP contribution in [0, 0.1) is 0 Å². The lowest BCUT2D eigenvalue weighted by molar-refractivity contribution is 0.317. The van der Waals surface area contributed by atoms with E-state index < -0.39 is 0 Å². The Balaban J connectivity index is 1.86. The summed E-state index contributed by atoms with van der Waals surface area (Å²) in [6.07, 6.45) is 2.15. The number of nitrogens with zero attached hydrogens (tertiary/aromatic N) is 1. The minimum atomic E-state index is 0.769. The summed E-state index contributed by atoms with van der Waals surface area (Å²) >= 11 is 0. The molecule has 1 aromatic carbocycles. The molecule has 4 nitrogen and oxygen atoms in total. The number of ether oxygens (including phenoxy) is 1. The van der Waals surface area contributed by atoms with Crippen LogP contribution in [0.2, 0.25) is 0 Å². The molecule has 0 atom stereocenters. The maximum absolute atomic E-state index is 5.61. The molecule has 0 bridgehead atoms. The first kappa shape index (κ1) is 12.7. The molecule has 0 amide bonds. The van der Waals surface area contributed by atoms with Gasteiger partial charge in [0.25, 0.3) is 0 Å². The van der Waals surface area contributed by atoms with Crippen molar-refractivity contribution >= 4 is 5.96 Å². The fourth-order valence-corrected chi connectivity index (χ4v) is 1.80. The Bertz CT molecular complexity index is 404. The first-order chi connectivity index (χ1) is 8.88. The van der Waals surface area contributed by atoms with Crippen molar-refractivity contribution in [3.63, 3.8) is 0 Å². The molecular weight excluding hydrogens is 226 g/mol. The van der Waals surface area contributed by atoms with Gasteiger partial charge in [-0.2, -0.15) is 0 Å². The standard InChI is InChI=1S/C14H21N3O/c1-2-9-18-13-6-3-5-12(10-13)11-17-14-15-7-4-8-16-14/h3,5-6,10H,2,4,7-9,11H2,1H3,(H2,15,16,17). The highest BCUT2D eigenvalue weighted by molar-refractivity contribution is 5.80. The second-order valence-electron chi connectivity index (χ2n) is 4.36. The van der Waals surface area contributed by atoms with Crippen LogP contribution < -0.4 is 15.4 Å². The van der Waals surface area contributed by atoms with Gasteiger partial charge in [0, 0.05) is 19.6 Å². The number of hydrogen-bond acceptors (Lipinski definition) is 4. The molecule has 2 N–H and O–H groups in total. The number of aliphatic imine (C=N–C) groups is 1. The molecule has 98 valence electrons. The van der Waals surface area contributed by atoms with Crippen LogP contribution in [0.1, 0.15) is 25.3 Å². The van der Waals surface area contributed by atoms with Crippen molar-refractivity contribution in [1.82, 2.24) is 10.6 Å². The molecule has 0 aromatic heterocycles. The van der Waals surface area contributed by atoms with Gasteiger partial charge < -0.3 is 15.4 Å². The fraction of sp³-hybridized carbons (Fsp3) is 0.500. The van der Waals surface area contributed by atoms with E-state index in [1.54, 1.807) is 0 Å². The molecule has 18 heavy (non-hydrogen) atoms. The molecule has 0 saturated carbocycles. The van der Waals surface area contributed by atoms with Gasteiger partial charge in [-0.3, -0.25) is 4.99 Å².